The first-order chi connectivity index (χ1) is 13.3. The zero-order valence-electron chi connectivity index (χ0n) is 17.8. The Morgan fingerprint density at radius 1 is 0.828 bits per heavy atom. The van der Waals surface area contributed by atoms with Crippen molar-refractivity contribution in [3.05, 3.63) is 0 Å². The lowest BCUT2D eigenvalue weighted by atomic mass is 10.0. The standard InChI is InChI=1S/C18H36O9Si2/c1-28(2,9-5-7-14(17(22)23)11-16(20)21)27-29(3,4)10-6-8-15(18(24)25)12-26-13-19/h14-15,19H,5-13H2,1-4H3,(H,20,21)(H,22,23)(H,24,25). The Bertz CT molecular complexity index is 537. The summed E-state index contributed by atoms with van der Waals surface area (Å²) in [5, 5.41) is 35.8. The number of carboxylic acids is 3. The van der Waals surface area contributed by atoms with Crippen LogP contribution in [0.25, 0.3) is 0 Å². The summed E-state index contributed by atoms with van der Waals surface area (Å²) in [4.78, 5) is 33.2. The van der Waals surface area contributed by atoms with Crippen LogP contribution >= 0.6 is 0 Å². The molecule has 11 heteroatoms. The third-order valence-corrected chi connectivity index (χ3v) is 12.3. The minimum atomic E-state index is -2.05. The summed E-state index contributed by atoms with van der Waals surface area (Å²) >= 11 is 0. The van der Waals surface area contributed by atoms with Gasteiger partial charge in [-0.25, -0.2) is 0 Å². The number of hydrogen-bond acceptors (Lipinski definition) is 6. The molecule has 0 saturated carbocycles. The molecule has 0 aromatic carbocycles. The second kappa shape index (κ2) is 13.1. The maximum atomic E-state index is 11.2. The van der Waals surface area contributed by atoms with E-state index in [4.69, 9.17) is 24.2 Å². The Labute approximate surface area is 174 Å². The Balaban J connectivity index is 4.50. The van der Waals surface area contributed by atoms with Gasteiger partial charge in [0.15, 0.2) is 16.6 Å². The SMILES string of the molecule is C[Si](C)(CCCC(COCO)C(=O)O)O[Si](C)(C)CCCC(CC(=O)O)C(=O)O. The number of aliphatic hydroxyl groups is 1. The molecule has 9 nitrogen and oxygen atoms in total. The van der Waals surface area contributed by atoms with E-state index in [1.54, 1.807) is 0 Å². The third-order valence-electron chi connectivity index (χ3n) is 4.75. The van der Waals surface area contributed by atoms with Gasteiger partial charge in [0.25, 0.3) is 0 Å². The molecule has 29 heavy (non-hydrogen) atoms. The summed E-state index contributed by atoms with van der Waals surface area (Å²) in [6, 6.07) is 1.54. The third kappa shape index (κ3) is 13.5. The van der Waals surface area contributed by atoms with Crippen molar-refractivity contribution < 1.29 is 43.7 Å². The van der Waals surface area contributed by atoms with Crippen LogP contribution in [0.15, 0.2) is 0 Å². The Hall–Kier alpha value is -1.28. The minimum absolute atomic E-state index is 0.0179. The van der Waals surface area contributed by atoms with Gasteiger partial charge in [-0.3, -0.25) is 14.4 Å². The van der Waals surface area contributed by atoms with E-state index in [1.165, 1.54) is 0 Å². The fraction of sp³-hybridized carbons (Fsp3) is 0.833. The predicted molar refractivity (Wildman–Crippen MR) is 112 cm³/mol. The largest absolute Gasteiger partial charge is 0.481 e. The first-order valence-electron chi connectivity index (χ1n) is 9.86. The molecule has 0 amide bonds. The molecule has 0 saturated heterocycles. The van der Waals surface area contributed by atoms with Gasteiger partial charge in [0.2, 0.25) is 0 Å². The van der Waals surface area contributed by atoms with E-state index in [-0.39, 0.29) is 13.0 Å². The Morgan fingerprint density at radius 3 is 1.66 bits per heavy atom. The summed E-state index contributed by atoms with van der Waals surface area (Å²) < 4.78 is 11.3. The smallest absolute Gasteiger partial charge is 0.308 e. The number of carbonyl (C=O) groups is 3. The van der Waals surface area contributed by atoms with Gasteiger partial charge in [-0.1, -0.05) is 12.8 Å². The molecular formula is C18H36O9Si2. The molecule has 0 spiro atoms. The molecule has 0 bridgehead atoms. The van der Waals surface area contributed by atoms with Gasteiger partial charge in [0.1, 0.15) is 6.79 Å². The average Bonchev–Trinajstić information content (AvgIpc) is 2.54. The highest BCUT2D eigenvalue weighted by Crippen LogP contribution is 2.27. The molecule has 170 valence electrons. The van der Waals surface area contributed by atoms with Crippen LogP contribution in [0.3, 0.4) is 0 Å². The van der Waals surface area contributed by atoms with Gasteiger partial charge in [0.05, 0.1) is 24.9 Å². The summed E-state index contributed by atoms with van der Waals surface area (Å²) in [6.07, 6.45) is 1.69. The Kier molecular flexibility index (Phi) is 12.5. The van der Waals surface area contributed by atoms with Crippen molar-refractivity contribution in [2.75, 3.05) is 13.4 Å². The van der Waals surface area contributed by atoms with E-state index in [9.17, 15) is 19.5 Å². The molecule has 2 atom stereocenters. The van der Waals surface area contributed by atoms with E-state index in [0.29, 0.717) is 25.7 Å². The van der Waals surface area contributed by atoms with Crippen molar-refractivity contribution in [2.45, 2.75) is 70.4 Å². The number of rotatable bonds is 17. The number of hydrogen-bond donors (Lipinski definition) is 4. The molecular weight excluding hydrogens is 416 g/mol. The van der Waals surface area contributed by atoms with E-state index >= 15 is 0 Å². The van der Waals surface area contributed by atoms with Gasteiger partial charge in [-0.15, -0.1) is 0 Å². The van der Waals surface area contributed by atoms with Gasteiger partial charge in [-0.05, 0) is 51.1 Å². The molecule has 0 heterocycles. The highest BCUT2D eigenvalue weighted by atomic mass is 28.4. The molecule has 0 fully saturated rings. The molecule has 0 aliphatic carbocycles. The van der Waals surface area contributed by atoms with Crippen molar-refractivity contribution in [3.63, 3.8) is 0 Å². The van der Waals surface area contributed by atoms with Gasteiger partial charge in [0, 0.05) is 0 Å². The zero-order valence-corrected chi connectivity index (χ0v) is 19.8. The van der Waals surface area contributed by atoms with Crippen LogP contribution in [-0.4, -0.2) is 68.4 Å². The quantitative estimate of drug-likeness (QED) is 0.193. The lowest BCUT2D eigenvalue weighted by Crippen LogP contribution is -2.44. The maximum Gasteiger partial charge on any atom is 0.308 e. The molecule has 4 N–H and O–H groups in total. The van der Waals surface area contributed by atoms with Crippen LogP contribution < -0.4 is 0 Å². The fourth-order valence-electron chi connectivity index (χ4n) is 3.40. The number of ether oxygens (including phenoxy) is 1. The molecule has 0 aliphatic rings. The highest BCUT2D eigenvalue weighted by Gasteiger charge is 2.33. The van der Waals surface area contributed by atoms with E-state index in [2.05, 4.69) is 26.2 Å². The van der Waals surface area contributed by atoms with Gasteiger partial charge in [-0.2, -0.15) is 0 Å². The Morgan fingerprint density at radius 2 is 1.28 bits per heavy atom. The molecule has 0 radical (unpaired) electrons. The van der Waals surface area contributed by atoms with Crippen molar-refractivity contribution in [1.82, 2.24) is 0 Å². The average molecular weight is 453 g/mol. The summed E-state index contributed by atoms with van der Waals surface area (Å²) in [5.74, 6) is -4.66. The normalized spacial score (nSPS) is 14.4. The van der Waals surface area contributed by atoms with Crippen molar-refractivity contribution >= 4 is 34.5 Å². The molecule has 0 aromatic rings. The summed E-state index contributed by atoms with van der Waals surface area (Å²) in [6.45, 7) is 7.81. The monoisotopic (exact) mass is 452 g/mol. The van der Waals surface area contributed by atoms with Crippen LogP contribution in [-0.2, 0) is 23.2 Å². The molecule has 0 rings (SSSR count). The maximum absolute atomic E-state index is 11.2. The molecule has 0 aromatic heterocycles. The number of carboxylic acid groups (broad SMARTS) is 3. The minimum Gasteiger partial charge on any atom is -0.481 e. The topological polar surface area (TPSA) is 151 Å². The summed E-state index contributed by atoms with van der Waals surface area (Å²) in [7, 11) is -4.08. The van der Waals surface area contributed by atoms with Gasteiger partial charge < -0.3 is 29.3 Å². The van der Waals surface area contributed by atoms with Crippen molar-refractivity contribution in [3.8, 4) is 0 Å². The zero-order chi connectivity index (χ0) is 22.7. The van der Waals surface area contributed by atoms with Crippen LogP contribution in [0.4, 0.5) is 0 Å². The van der Waals surface area contributed by atoms with E-state index in [1.807, 2.05) is 0 Å². The second-order valence-electron chi connectivity index (χ2n) is 8.57. The first kappa shape index (κ1) is 27.7. The second-order valence-corrected chi connectivity index (χ2v) is 17.4. The van der Waals surface area contributed by atoms with E-state index in [0.717, 1.165) is 12.1 Å². The van der Waals surface area contributed by atoms with Crippen LogP contribution in [0, 0.1) is 11.8 Å². The predicted octanol–water partition coefficient (Wildman–Crippen LogP) is 2.82. The fourth-order valence-corrected chi connectivity index (χ4v) is 12.3. The number of aliphatic hydroxyl groups excluding tert-OH is 1. The number of aliphatic carboxylic acids is 3. The van der Waals surface area contributed by atoms with Crippen molar-refractivity contribution in [1.29, 1.82) is 0 Å². The lowest BCUT2D eigenvalue weighted by molar-refractivity contribution is -0.148. The highest BCUT2D eigenvalue weighted by molar-refractivity contribution is 6.84. The molecule has 0 aliphatic heterocycles. The van der Waals surface area contributed by atoms with Crippen LogP contribution in [0.1, 0.15) is 32.1 Å². The van der Waals surface area contributed by atoms with Crippen molar-refractivity contribution in [2.24, 2.45) is 11.8 Å². The lowest BCUT2D eigenvalue weighted by Gasteiger charge is -2.34. The van der Waals surface area contributed by atoms with E-state index < -0.39 is 53.2 Å². The van der Waals surface area contributed by atoms with Crippen LogP contribution in [0.5, 0.6) is 0 Å². The van der Waals surface area contributed by atoms with Gasteiger partial charge >= 0.3 is 17.9 Å². The summed E-state index contributed by atoms with van der Waals surface area (Å²) in [5.41, 5.74) is 0. The first-order valence-corrected chi connectivity index (χ1v) is 16.1. The van der Waals surface area contributed by atoms with Crippen LogP contribution in [0.2, 0.25) is 38.3 Å². The molecule has 2 unspecified atom stereocenters.